The molecule has 0 atom stereocenters. The number of fused-ring (bicyclic) bond motifs is 1. The molecule has 0 bridgehead atoms. The molecule has 0 aliphatic heterocycles. The maximum absolute atomic E-state index is 12.5. The topological polar surface area (TPSA) is 108 Å². The van der Waals surface area contributed by atoms with E-state index in [9.17, 15) is 9.59 Å². The van der Waals surface area contributed by atoms with Gasteiger partial charge in [-0.1, -0.05) is 11.2 Å². The molecule has 2 N–H and O–H groups in total. The number of hydrogen-bond donors (Lipinski definition) is 1. The first-order chi connectivity index (χ1) is 11.9. The van der Waals surface area contributed by atoms with Gasteiger partial charge in [-0.25, -0.2) is 14.5 Å². The summed E-state index contributed by atoms with van der Waals surface area (Å²) in [5, 5.41) is 4.35. The predicted octanol–water partition coefficient (Wildman–Crippen LogP) is 4.08. The first-order valence-corrected chi connectivity index (χ1v) is 8.23. The minimum absolute atomic E-state index is 0.0413. The van der Waals surface area contributed by atoms with Crippen LogP contribution in [0.15, 0.2) is 22.7 Å². The van der Waals surface area contributed by atoms with Crippen molar-refractivity contribution < 1.29 is 23.6 Å². The van der Waals surface area contributed by atoms with Gasteiger partial charge in [0.25, 0.3) is 0 Å². The van der Waals surface area contributed by atoms with E-state index in [2.05, 4.69) is 5.16 Å². The lowest BCUT2D eigenvalue weighted by Gasteiger charge is -2.28. The van der Waals surface area contributed by atoms with Crippen LogP contribution in [0.4, 0.5) is 15.4 Å². The summed E-state index contributed by atoms with van der Waals surface area (Å²) in [6.45, 7) is 10.3. The van der Waals surface area contributed by atoms with Crippen LogP contribution < -0.4 is 5.73 Å². The van der Waals surface area contributed by atoms with E-state index >= 15 is 0 Å². The number of anilines is 1. The summed E-state index contributed by atoms with van der Waals surface area (Å²) in [6.07, 6.45) is -1.58. The Labute approximate surface area is 152 Å². The van der Waals surface area contributed by atoms with Gasteiger partial charge in [-0.3, -0.25) is 0 Å². The second-order valence-electron chi connectivity index (χ2n) is 7.95. The van der Waals surface area contributed by atoms with Gasteiger partial charge >= 0.3 is 12.2 Å². The fourth-order valence-electron chi connectivity index (χ4n) is 2.12. The molecule has 2 aromatic rings. The summed E-state index contributed by atoms with van der Waals surface area (Å²) in [4.78, 5) is 25.9. The normalized spacial score (nSPS) is 12.1. The Bertz CT molecular complexity index is 786. The second-order valence-corrected chi connectivity index (χ2v) is 7.95. The summed E-state index contributed by atoms with van der Waals surface area (Å²) < 4.78 is 15.8. The number of aromatic nitrogens is 1. The zero-order valence-electron chi connectivity index (χ0n) is 16.0. The van der Waals surface area contributed by atoms with Gasteiger partial charge in [0.2, 0.25) is 0 Å². The molecule has 0 unspecified atom stereocenters. The van der Waals surface area contributed by atoms with Crippen molar-refractivity contribution in [1.29, 1.82) is 0 Å². The highest BCUT2D eigenvalue weighted by atomic mass is 16.6. The Morgan fingerprint density at radius 2 is 1.62 bits per heavy atom. The highest BCUT2D eigenvalue weighted by molar-refractivity contribution is 5.89. The number of hydrogen-bond acceptors (Lipinski definition) is 7. The van der Waals surface area contributed by atoms with Gasteiger partial charge in [0.1, 0.15) is 11.2 Å². The number of rotatable bonds is 2. The van der Waals surface area contributed by atoms with E-state index in [1.807, 2.05) is 0 Å². The number of ether oxygens (including phenoxy) is 2. The number of amides is 2. The predicted molar refractivity (Wildman–Crippen MR) is 96.4 cm³/mol. The molecule has 0 spiro atoms. The lowest BCUT2D eigenvalue weighted by Crippen LogP contribution is -2.43. The second kappa shape index (κ2) is 6.86. The molecular weight excluding hydrogens is 338 g/mol. The monoisotopic (exact) mass is 363 g/mol. The quantitative estimate of drug-likeness (QED) is 0.856. The zero-order valence-corrected chi connectivity index (χ0v) is 16.0. The molecule has 0 fully saturated rings. The first-order valence-electron chi connectivity index (χ1n) is 8.23. The van der Waals surface area contributed by atoms with Crippen LogP contribution in [0.25, 0.3) is 11.0 Å². The largest absolute Gasteiger partial charge is 0.443 e. The number of nitrogens with two attached hydrogens (primary N) is 1. The number of imide groups is 1. The molecule has 2 rings (SSSR count). The van der Waals surface area contributed by atoms with Crippen molar-refractivity contribution in [3.8, 4) is 0 Å². The lowest BCUT2D eigenvalue weighted by atomic mass is 10.1. The van der Waals surface area contributed by atoms with Gasteiger partial charge in [0.05, 0.1) is 11.9 Å². The summed E-state index contributed by atoms with van der Waals surface area (Å²) in [6, 6.07) is 5.12. The van der Waals surface area contributed by atoms with Gasteiger partial charge in [0.15, 0.2) is 11.4 Å². The maximum atomic E-state index is 12.5. The SMILES string of the molecule is CC(C)(C)OC(=O)N(Cc1ccc2c(N)noc2c1)C(=O)OC(C)(C)C. The van der Waals surface area contributed by atoms with Crippen LogP contribution in [0.3, 0.4) is 0 Å². The minimum atomic E-state index is -0.788. The minimum Gasteiger partial charge on any atom is -0.443 e. The average molecular weight is 363 g/mol. The molecule has 8 nitrogen and oxygen atoms in total. The molecular formula is C18H25N3O5. The van der Waals surface area contributed by atoms with E-state index < -0.39 is 23.4 Å². The third-order valence-electron chi connectivity index (χ3n) is 3.13. The van der Waals surface area contributed by atoms with Gasteiger partial charge in [-0.05, 0) is 59.2 Å². The Morgan fingerprint density at radius 1 is 1.08 bits per heavy atom. The molecule has 0 aliphatic carbocycles. The molecule has 8 heteroatoms. The molecule has 1 aromatic heterocycles. The van der Waals surface area contributed by atoms with Crippen LogP contribution in [-0.4, -0.2) is 33.4 Å². The number of carbonyl (C=O) groups excluding carboxylic acids is 2. The van der Waals surface area contributed by atoms with E-state index in [0.717, 1.165) is 4.90 Å². The smallest absolute Gasteiger partial charge is 0.420 e. The average Bonchev–Trinajstić information content (AvgIpc) is 2.82. The number of nitrogen functional groups attached to an aromatic ring is 1. The van der Waals surface area contributed by atoms with Gasteiger partial charge in [-0.15, -0.1) is 0 Å². The van der Waals surface area contributed by atoms with E-state index in [-0.39, 0.29) is 12.4 Å². The summed E-state index contributed by atoms with van der Waals surface area (Å²) in [7, 11) is 0. The fourth-order valence-corrected chi connectivity index (χ4v) is 2.12. The molecule has 0 saturated carbocycles. The van der Waals surface area contributed by atoms with E-state index in [4.69, 9.17) is 19.7 Å². The van der Waals surface area contributed by atoms with Crippen LogP contribution in [-0.2, 0) is 16.0 Å². The van der Waals surface area contributed by atoms with Crippen molar-refractivity contribution in [2.75, 3.05) is 5.73 Å². The molecule has 26 heavy (non-hydrogen) atoms. The van der Waals surface area contributed by atoms with E-state index in [0.29, 0.717) is 16.5 Å². The highest BCUT2D eigenvalue weighted by Crippen LogP contribution is 2.23. The van der Waals surface area contributed by atoms with Gasteiger partial charge in [0, 0.05) is 0 Å². The van der Waals surface area contributed by atoms with Crippen LogP contribution in [0.2, 0.25) is 0 Å². The third kappa shape index (κ3) is 5.11. The van der Waals surface area contributed by atoms with Crippen molar-refractivity contribution in [2.24, 2.45) is 0 Å². The van der Waals surface area contributed by atoms with Crippen molar-refractivity contribution >= 4 is 29.0 Å². The Kier molecular flexibility index (Phi) is 5.16. The van der Waals surface area contributed by atoms with Crippen LogP contribution >= 0.6 is 0 Å². The fraction of sp³-hybridized carbons (Fsp3) is 0.500. The van der Waals surface area contributed by atoms with Gasteiger partial charge < -0.3 is 19.7 Å². The van der Waals surface area contributed by atoms with Crippen molar-refractivity contribution in [2.45, 2.75) is 59.3 Å². The number of carbonyl (C=O) groups is 2. The summed E-state index contributed by atoms with van der Waals surface area (Å²) in [5.41, 5.74) is 5.31. The van der Waals surface area contributed by atoms with Crippen LogP contribution in [0.1, 0.15) is 47.1 Å². The summed E-state index contributed by atoms with van der Waals surface area (Å²) in [5.74, 6) is 0.280. The molecule has 0 aliphatic rings. The van der Waals surface area contributed by atoms with Crippen molar-refractivity contribution in [3.05, 3.63) is 23.8 Å². The number of benzene rings is 1. The zero-order chi connectivity index (χ0) is 19.7. The molecule has 0 saturated heterocycles. The third-order valence-corrected chi connectivity index (χ3v) is 3.13. The van der Waals surface area contributed by atoms with Crippen molar-refractivity contribution in [3.63, 3.8) is 0 Å². The highest BCUT2D eigenvalue weighted by Gasteiger charge is 2.31. The molecule has 142 valence electrons. The van der Waals surface area contributed by atoms with Crippen LogP contribution in [0, 0.1) is 0 Å². The van der Waals surface area contributed by atoms with Gasteiger partial charge in [-0.2, -0.15) is 0 Å². The molecule has 2 amide bonds. The molecule has 1 aromatic carbocycles. The Morgan fingerprint density at radius 3 is 2.12 bits per heavy atom. The Hall–Kier alpha value is -2.77. The Balaban J connectivity index is 2.29. The lowest BCUT2D eigenvalue weighted by molar-refractivity contribution is -0.000247. The maximum Gasteiger partial charge on any atom is 0.420 e. The van der Waals surface area contributed by atoms with E-state index in [1.54, 1.807) is 59.7 Å². The van der Waals surface area contributed by atoms with Crippen molar-refractivity contribution in [1.82, 2.24) is 10.1 Å². The van der Waals surface area contributed by atoms with Crippen LogP contribution in [0.5, 0.6) is 0 Å². The van der Waals surface area contributed by atoms with E-state index in [1.165, 1.54) is 0 Å². The standard InChI is InChI=1S/C18H25N3O5/c1-17(2,3)24-15(22)21(16(23)25-18(4,5)6)10-11-7-8-12-13(9-11)26-20-14(12)19/h7-9H,10H2,1-6H3,(H2,19,20). The number of nitrogens with zero attached hydrogens (tertiary/aromatic N) is 2. The summed E-state index contributed by atoms with van der Waals surface area (Å²) >= 11 is 0. The first kappa shape index (κ1) is 19.6. The molecule has 0 radical (unpaired) electrons. The molecule has 1 heterocycles.